The lowest BCUT2D eigenvalue weighted by Crippen LogP contribution is -2.28. The summed E-state index contributed by atoms with van der Waals surface area (Å²) in [4.78, 5) is 10.0. The van der Waals surface area contributed by atoms with Gasteiger partial charge in [-0.1, -0.05) is 0 Å². The molecule has 1 N–H and O–H groups in total. The lowest BCUT2D eigenvalue weighted by Gasteiger charge is -2.14. The third-order valence-corrected chi connectivity index (χ3v) is 1.37. The Morgan fingerprint density at radius 1 is 1.27 bits per heavy atom. The van der Waals surface area contributed by atoms with E-state index in [0.717, 1.165) is 0 Å². The van der Waals surface area contributed by atoms with Gasteiger partial charge in [0, 0.05) is 6.08 Å². The van der Waals surface area contributed by atoms with Crippen LogP contribution in [0, 0.1) is 0 Å². The molecule has 0 radical (unpaired) electrons. The summed E-state index contributed by atoms with van der Waals surface area (Å²) in [5.74, 6) is -7.48. The van der Waals surface area contributed by atoms with Crippen molar-refractivity contribution in [1.29, 1.82) is 0 Å². The van der Waals surface area contributed by atoms with Crippen molar-refractivity contribution in [3.8, 4) is 0 Å². The van der Waals surface area contributed by atoms with Crippen molar-refractivity contribution in [2.75, 3.05) is 0 Å². The molecule has 2 nitrogen and oxygen atoms in total. The number of aliphatic carboxylic acids is 1. The van der Waals surface area contributed by atoms with Crippen molar-refractivity contribution in [3.05, 3.63) is 11.6 Å². The highest BCUT2D eigenvalue weighted by molar-refractivity contribution is 6.26. The Hall–Kier alpha value is -0.920. The Morgan fingerprint density at radius 3 is 1.87 bits per heavy atom. The summed E-state index contributed by atoms with van der Waals surface area (Å²) in [7, 11) is 0. The van der Waals surface area contributed by atoms with Gasteiger partial charge in [0.15, 0.2) is 0 Å². The Bertz CT molecular complexity index is 282. The van der Waals surface area contributed by atoms with Crippen LogP contribution in [0.3, 0.4) is 0 Å². The third-order valence-electron chi connectivity index (χ3n) is 1.16. The minimum Gasteiger partial charge on any atom is -0.478 e. The predicted octanol–water partition coefficient (Wildman–Crippen LogP) is 2.73. The number of hydrogen-bond donors (Lipinski definition) is 1. The number of allylic oxidation sites excluding steroid dienone is 1. The van der Waals surface area contributed by atoms with Gasteiger partial charge in [0.25, 0.3) is 0 Å². The molecular weight excluding hydrogens is 254 g/mol. The summed E-state index contributed by atoms with van der Waals surface area (Å²) in [6, 6.07) is 0. The van der Waals surface area contributed by atoms with Crippen LogP contribution in [0.15, 0.2) is 11.6 Å². The Morgan fingerprint density at radius 2 is 1.67 bits per heavy atom. The second-order valence-electron chi connectivity index (χ2n) is 2.34. The lowest BCUT2D eigenvalue weighted by atomic mass is 10.2. The fraction of sp³-hybridized carbons (Fsp3) is 0.500. The molecule has 0 bridgehead atoms. The van der Waals surface area contributed by atoms with Gasteiger partial charge in [-0.2, -0.15) is 17.6 Å². The first kappa shape index (κ1) is 14.1. The Kier molecular flexibility index (Phi) is 4.03. The van der Waals surface area contributed by atoms with E-state index < -0.39 is 35.3 Å². The Labute approximate surface area is 84.1 Å². The van der Waals surface area contributed by atoms with Crippen LogP contribution >= 0.6 is 11.6 Å². The van der Waals surface area contributed by atoms with E-state index >= 15 is 0 Å². The molecule has 0 rings (SSSR count). The first-order chi connectivity index (χ1) is 6.48. The maximum absolute atomic E-state index is 12.2. The highest BCUT2D eigenvalue weighted by Crippen LogP contribution is 2.34. The molecule has 0 aromatic rings. The average molecular weight is 257 g/mol. The smallest absolute Gasteiger partial charge is 0.355 e. The summed E-state index contributed by atoms with van der Waals surface area (Å²) >= 11 is 4.14. The second kappa shape index (κ2) is 4.30. The molecule has 0 aromatic heterocycles. The van der Waals surface area contributed by atoms with Crippen molar-refractivity contribution in [2.45, 2.75) is 17.7 Å². The van der Waals surface area contributed by atoms with E-state index in [1.807, 2.05) is 0 Å². The molecule has 0 saturated carbocycles. The summed E-state index contributed by atoms with van der Waals surface area (Å²) in [6.45, 7) is 0. The van der Waals surface area contributed by atoms with Crippen LogP contribution in [0.1, 0.15) is 0 Å². The number of hydrogen-bond acceptors (Lipinski definition) is 1. The standard InChI is InChI=1S/C6H3ClF6O2/c7-6(12,13)2(3(14)15)1-5(10,11)4(8)9/h1,4H,(H,14,15). The van der Waals surface area contributed by atoms with Crippen LogP contribution in [-0.4, -0.2) is 28.8 Å². The van der Waals surface area contributed by atoms with Gasteiger partial charge in [-0.05, 0) is 11.6 Å². The van der Waals surface area contributed by atoms with Crippen LogP contribution in [0.5, 0.6) is 0 Å². The van der Waals surface area contributed by atoms with Gasteiger partial charge >= 0.3 is 23.7 Å². The maximum Gasteiger partial charge on any atom is 0.355 e. The van der Waals surface area contributed by atoms with E-state index in [-0.39, 0.29) is 0 Å². The summed E-state index contributed by atoms with van der Waals surface area (Å²) in [5.41, 5.74) is -2.30. The van der Waals surface area contributed by atoms with Gasteiger partial charge in [-0.25, -0.2) is 13.6 Å². The summed E-state index contributed by atoms with van der Waals surface area (Å²) in [6.07, 6.45) is -5.36. The van der Waals surface area contributed by atoms with Crippen molar-refractivity contribution in [1.82, 2.24) is 0 Å². The van der Waals surface area contributed by atoms with Crippen LogP contribution in [0.2, 0.25) is 0 Å². The average Bonchev–Trinajstić information content (AvgIpc) is 1.97. The fourth-order valence-electron chi connectivity index (χ4n) is 0.520. The number of alkyl halides is 7. The summed E-state index contributed by atoms with van der Waals surface area (Å²) in [5, 5.41) is 3.39. The van der Waals surface area contributed by atoms with E-state index in [1.54, 1.807) is 0 Å². The van der Waals surface area contributed by atoms with Crippen molar-refractivity contribution in [2.24, 2.45) is 0 Å². The summed E-state index contributed by atoms with van der Waals surface area (Å²) < 4.78 is 71.8. The van der Waals surface area contributed by atoms with Crippen LogP contribution in [0.4, 0.5) is 26.3 Å². The van der Waals surface area contributed by atoms with Crippen molar-refractivity contribution >= 4 is 17.6 Å². The molecule has 0 aliphatic heterocycles. The molecule has 0 fully saturated rings. The molecule has 0 aliphatic carbocycles. The van der Waals surface area contributed by atoms with Gasteiger partial charge in [0.1, 0.15) is 5.57 Å². The number of rotatable bonds is 4. The van der Waals surface area contributed by atoms with Crippen LogP contribution in [-0.2, 0) is 4.79 Å². The molecule has 0 amide bonds. The minimum absolute atomic E-state index is 1.06. The SMILES string of the molecule is O=C(O)C(=CC(F)(F)C(F)F)C(F)(F)Cl. The third kappa shape index (κ3) is 3.98. The zero-order chi connectivity index (χ0) is 12.4. The van der Waals surface area contributed by atoms with E-state index in [4.69, 9.17) is 5.11 Å². The van der Waals surface area contributed by atoms with Crippen molar-refractivity contribution in [3.63, 3.8) is 0 Å². The zero-order valence-corrected chi connectivity index (χ0v) is 7.41. The molecule has 15 heavy (non-hydrogen) atoms. The van der Waals surface area contributed by atoms with E-state index in [9.17, 15) is 31.1 Å². The maximum atomic E-state index is 12.2. The van der Waals surface area contributed by atoms with Gasteiger partial charge in [-0.3, -0.25) is 0 Å². The van der Waals surface area contributed by atoms with Crippen LogP contribution < -0.4 is 0 Å². The largest absolute Gasteiger partial charge is 0.478 e. The quantitative estimate of drug-likeness (QED) is 0.477. The molecule has 0 unspecified atom stereocenters. The highest BCUT2D eigenvalue weighted by Gasteiger charge is 2.45. The molecular formula is C6H3ClF6O2. The number of carboxylic acid groups (broad SMARTS) is 1. The van der Waals surface area contributed by atoms with Gasteiger partial charge < -0.3 is 5.11 Å². The first-order valence-corrected chi connectivity index (χ1v) is 3.55. The monoisotopic (exact) mass is 256 g/mol. The highest BCUT2D eigenvalue weighted by atomic mass is 35.5. The van der Waals surface area contributed by atoms with E-state index in [0.29, 0.717) is 0 Å². The van der Waals surface area contributed by atoms with Crippen molar-refractivity contribution < 1.29 is 36.2 Å². The lowest BCUT2D eigenvalue weighted by molar-refractivity contribution is -0.135. The molecule has 0 saturated heterocycles. The van der Waals surface area contributed by atoms with E-state index in [2.05, 4.69) is 11.6 Å². The normalized spacial score (nSPS) is 14.5. The fourth-order valence-corrected chi connectivity index (χ4v) is 0.656. The number of halogens is 7. The molecule has 0 atom stereocenters. The minimum atomic E-state index is -4.98. The predicted molar refractivity (Wildman–Crippen MR) is 37.5 cm³/mol. The second-order valence-corrected chi connectivity index (χ2v) is 2.81. The molecule has 9 heteroatoms. The zero-order valence-electron chi connectivity index (χ0n) is 6.66. The molecule has 0 aromatic carbocycles. The molecule has 88 valence electrons. The molecule has 0 spiro atoms. The van der Waals surface area contributed by atoms with Gasteiger partial charge in [0.05, 0.1) is 0 Å². The topological polar surface area (TPSA) is 37.3 Å². The Balaban J connectivity index is 5.29. The van der Waals surface area contributed by atoms with Gasteiger partial charge in [0.2, 0.25) is 0 Å². The number of carbonyl (C=O) groups is 1. The number of carboxylic acids is 1. The van der Waals surface area contributed by atoms with E-state index in [1.165, 1.54) is 0 Å². The van der Waals surface area contributed by atoms with Gasteiger partial charge in [-0.15, -0.1) is 0 Å². The molecule has 0 heterocycles. The first-order valence-electron chi connectivity index (χ1n) is 3.18. The molecule has 0 aliphatic rings. The van der Waals surface area contributed by atoms with Crippen LogP contribution in [0.25, 0.3) is 0 Å².